The molecule has 2 rings (SSSR count). The maximum Gasteiger partial charge on any atom is 0.243 e. The van der Waals surface area contributed by atoms with Crippen molar-refractivity contribution < 1.29 is 0 Å². The molecular formula is C20H29N2+. The van der Waals surface area contributed by atoms with Crippen molar-refractivity contribution in [1.29, 1.82) is 0 Å². The van der Waals surface area contributed by atoms with E-state index < -0.39 is 0 Å². The fraction of sp³-hybridized carbons (Fsp3) is 0.550. The molecule has 0 bridgehead atoms. The number of aliphatic imine (C=N–C) groups is 2. The van der Waals surface area contributed by atoms with Crippen LogP contribution in [0.4, 0.5) is 0 Å². The van der Waals surface area contributed by atoms with Crippen LogP contribution in [-0.2, 0) is 6.42 Å². The summed E-state index contributed by atoms with van der Waals surface area (Å²) in [6.45, 7) is 4.56. The van der Waals surface area contributed by atoms with Crippen LogP contribution in [0.3, 0.4) is 0 Å². The molecule has 0 N–H and O–H groups in total. The fourth-order valence-corrected chi connectivity index (χ4v) is 3.15. The van der Waals surface area contributed by atoms with Gasteiger partial charge in [0.2, 0.25) is 6.17 Å². The van der Waals surface area contributed by atoms with Gasteiger partial charge < -0.3 is 0 Å². The first-order chi connectivity index (χ1) is 10.8. The van der Waals surface area contributed by atoms with Crippen molar-refractivity contribution in [3.05, 3.63) is 42.1 Å². The number of unbranched alkanes of at least 4 members (excludes halogenated alkanes) is 4. The minimum absolute atomic E-state index is 0.432. The first-order valence-corrected chi connectivity index (χ1v) is 8.78. The average Bonchev–Trinajstić information content (AvgIpc) is 3.08. The van der Waals surface area contributed by atoms with E-state index in [4.69, 9.17) is 0 Å². The van der Waals surface area contributed by atoms with Crippen LogP contribution >= 0.6 is 0 Å². The number of hydrogen-bond donors (Lipinski definition) is 0. The van der Waals surface area contributed by atoms with Gasteiger partial charge in [-0.25, -0.2) is 0 Å². The normalized spacial score (nSPS) is 16.2. The number of benzene rings is 1. The summed E-state index contributed by atoms with van der Waals surface area (Å²) < 4.78 is 0. The first kappa shape index (κ1) is 16.8. The van der Waals surface area contributed by atoms with Gasteiger partial charge in [0.15, 0.2) is 12.4 Å². The van der Waals surface area contributed by atoms with Crippen molar-refractivity contribution in [3.63, 3.8) is 0 Å². The SMILES string of the molecule is CCCCCCCC(Cc1ccccc1)C(C)[C+]1N=CC=N1. The molecule has 0 amide bonds. The molecule has 0 spiro atoms. The van der Waals surface area contributed by atoms with E-state index in [1.807, 2.05) is 12.4 Å². The summed E-state index contributed by atoms with van der Waals surface area (Å²) in [5, 5.41) is 0. The Morgan fingerprint density at radius 3 is 2.32 bits per heavy atom. The van der Waals surface area contributed by atoms with Crippen LogP contribution < -0.4 is 0 Å². The summed E-state index contributed by atoms with van der Waals surface area (Å²) in [5.74, 6) is 1.06. The smallest absolute Gasteiger partial charge is 0.0965 e. The Labute approximate surface area is 135 Å². The van der Waals surface area contributed by atoms with Gasteiger partial charge in [0.05, 0.1) is 5.92 Å². The molecule has 0 radical (unpaired) electrons. The molecule has 1 aromatic carbocycles. The summed E-state index contributed by atoms with van der Waals surface area (Å²) in [6, 6.07) is 10.8. The Morgan fingerprint density at radius 1 is 0.955 bits per heavy atom. The Balaban J connectivity index is 1.90. The molecule has 0 aromatic heterocycles. The summed E-state index contributed by atoms with van der Waals surface area (Å²) in [6.07, 6.45) is 13.8. The molecule has 0 saturated heterocycles. The molecule has 0 saturated carbocycles. The lowest BCUT2D eigenvalue weighted by atomic mass is 9.82. The molecule has 2 nitrogen and oxygen atoms in total. The molecule has 0 fully saturated rings. The number of hydrogen-bond acceptors (Lipinski definition) is 2. The van der Waals surface area contributed by atoms with Gasteiger partial charge in [-0.2, -0.15) is 0 Å². The standard InChI is InChI=1S/C20H29N2/c1-3-4-5-6-10-13-19(16-18-11-8-7-9-12-18)17(2)20-21-14-15-22-20/h7-9,11-12,14-15,17,19H,3-6,10,13,16H2,1-2H3/q+1. The zero-order valence-electron chi connectivity index (χ0n) is 14.0. The molecule has 1 aliphatic heterocycles. The lowest BCUT2D eigenvalue weighted by Gasteiger charge is -2.22. The zero-order chi connectivity index (χ0) is 15.6. The molecule has 2 unspecified atom stereocenters. The minimum atomic E-state index is 0.432. The predicted octanol–water partition coefficient (Wildman–Crippen LogP) is 5.49. The van der Waals surface area contributed by atoms with E-state index in [9.17, 15) is 0 Å². The van der Waals surface area contributed by atoms with Gasteiger partial charge >= 0.3 is 0 Å². The summed E-state index contributed by atoms with van der Waals surface area (Å²) in [4.78, 5) is 8.85. The van der Waals surface area contributed by atoms with Gasteiger partial charge in [-0.05, 0) is 31.2 Å². The molecule has 2 heteroatoms. The third kappa shape index (κ3) is 5.32. The Morgan fingerprint density at radius 2 is 1.64 bits per heavy atom. The van der Waals surface area contributed by atoms with E-state index in [-0.39, 0.29) is 0 Å². The lowest BCUT2D eigenvalue weighted by Crippen LogP contribution is -2.19. The van der Waals surface area contributed by atoms with Gasteiger partial charge in [0.25, 0.3) is 0 Å². The van der Waals surface area contributed by atoms with Gasteiger partial charge in [-0.1, -0.05) is 79.3 Å². The molecule has 22 heavy (non-hydrogen) atoms. The number of rotatable bonds is 10. The molecule has 118 valence electrons. The second-order valence-electron chi connectivity index (χ2n) is 6.36. The second-order valence-corrected chi connectivity index (χ2v) is 6.36. The zero-order valence-corrected chi connectivity index (χ0v) is 14.0. The van der Waals surface area contributed by atoms with E-state index in [1.54, 1.807) is 0 Å². The van der Waals surface area contributed by atoms with Gasteiger partial charge in [0, 0.05) is 0 Å². The van der Waals surface area contributed by atoms with Gasteiger partial charge in [0.1, 0.15) is 0 Å². The van der Waals surface area contributed by atoms with Crippen LogP contribution in [0.5, 0.6) is 0 Å². The highest BCUT2D eigenvalue weighted by molar-refractivity contribution is 6.18. The molecule has 1 aliphatic rings. The van der Waals surface area contributed by atoms with Crippen molar-refractivity contribution >= 4 is 12.4 Å². The average molecular weight is 297 g/mol. The van der Waals surface area contributed by atoms with Crippen molar-refractivity contribution in [1.82, 2.24) is 0 Å². The molecular weight excluding hydrogens is 268 g/mol. The van der Waals surface area contributed by atoms with Crippen LogP contribution in [0.15, 0.2) is 40.3 Å². The molecule has 1 aromatic rings. The van der Waals surface area contributed by atoms with Gasteiger partial charge in [-0.3, -0.25) is 0 Å². The molecule has 2 atom stereocenters. The van der Waals surface area contributed by atoms with E-state index in [1.165, 1.54) is 44.1 Å². The van der Waals surface area contributed by atoms with Crippen molar-refractivity contribution in [2.45, 2.75) is 58.8 Å². The third-order valence-electron chi connectivity index (χ3n) is 4.61. The van der Waals surface area contributed by atoms with Crippen molar-refractivity contribution in [3.8, 4) is 0 Å². The quantitative estimate of drug-likeness (QED) is 0.403. The summed E-state index contributed by atoms with van der Waals surface area (Å²) in [7, 11) is 0. The second kappa shape index (κ2) is 9.45. The topological polar surface area (TPSA) is 24.7 Å². The van der Waals surface area contributed by atoms with Crippen molar-refractivity contribution in [2.24, 2.45) is 21.8 Å². The summed E-state index contributed by atoms with van der Waals surface area (Å²) in [5.41, 5.74) is 1.43. The lowest BCUT2D eigenvalue weighted by molar-refractivity contribution is 0.329. The fourth-order valence-electron chi connectivity index (χ4n) is 3.15. The van der Waals surface area contributed by atoms with Gasteiger partial charge in [-0.15, -0.1) is 0 Å². The minimum Gasteiger partial charge on any atom is -0.0965 e. The van der Waals surface area contributed by atoms with E-state index >= 15 is 0 Å². The highest BCUT2D eigenvalue weighted by Crippen LogP contribution is 2.32. The summed E-state index contributed by atoms with van der Waals surface area (Å²) >= 11 is 0. The predicted molar refractivity (Wildman–Crippen MR) is 96.4 cm³/mol. The molecule has 0 aliphatic carbocycles. The van der Waals surface area contributed by atoms with E-state index in [0.29, 0.717) is 11.8 Å². The monoisotopic (exact) mass is 297 g/mol. The maximum atomic E-state index is 4.43. The van der Waals surface area contributed by atoms with E-state index in [0.717, 1.165) is 12.6 Å². The van der Waals surface area contributed by atoms with Crippen LogP contribution in [0.1, 0.15) is 57.9 Å². The van der Waals surface area contributed by atoms with E-state index in [2.05, 4.69) is 54.2 Å². The number of nitrogens with zero attached hydrogens (tertiary/aromatic N) is 2. The Bertz CT molecular complexity index is 452. The highest BCUT2D eigenvalue weighted by atomic mass is 15.0. The first-order valence-electron chi connectivity index (χ1n) is 8.78. The van der Waals surface area contributed by atoms with Crippen LogP contribution in [0.25, 0.3) is 0 Å². The largest absolute Gasteiger partial charge is 0.243 e. The highest BCUT2D eigenvalue weighted by Gasteiger charge is 2.31. The third-order valence-corrected chi connectivity index (χ3v) is 4.61. The van der Waals surface area contributed by atoms with Crippen LogP contribution in [0.2, 0.25) is 0 Å². The van der Waals surface area contributed by atoms with Crippen LogP contribution in [-0.4, -0.2) is 12.4 Å². The molecule has 1 heterocycles. The Hall–Kier alpha value is -1.57. The Kier molecular flexibility index (Phi) is 7.21. The van der Waals surface area contributed by atoms with Crippen molar-refractivity contribution in [2.75, 3.05) is 0 Å². The van der Waals surface area contributed by atoms with Crippen LogP contribution in [0, 0.1) is 18.0 Å². The maximum absolute atomic E-state index is 4.43.